The number of hydrogen-bond acceptors (Lipinski definition) is 6. The van der Waals surface area contributed by atoms with Gasteiger partial charge in [-0.1, -0.05) is 35.6 Å². The third-order valence-electron chi connectivity index (χ3n) is 7.15. The van der Waals surface area contributed by atoms with Gasteiger partial charge in [0.25, 0.3) is 11.8 Å². The number of nitrogens with zero attached hydrogens (tertiary/aromatic N) is 5. The zero-order valence-electron chi connectivity index (χ0n) is 21.2. The minimum absolute atomic E-state index is 0.0890. The van der Waals surface area contributed by atoms with Crippen molar-refractivity contribution in [3.8, 4) is 0 Å². The Hall–Kier alpha value is -3.25. The van der Waals surface area contributed by atoms with E-state index in [0.717, 1.165) is 16.9 Å². The Balaban J connectivity index is 1.40. The van der Waals surface area contributed by atoms with E-state index in [1.165, 1.54) is 9.58 Å². The van der Waals surface area contributed by atoms with Crippen molar-refractivity contribution in [3.05, 3.63) is 47.7 Å². The highest BCUT2D eigenvalue weighted by Crippen LogP contribution is 2.35. The molecule has 2 aliphatic rings. The molecule has 12 heteroatoms. The van der Waals surface area contributed by atoms with Crippen LogP contribution in [0.15, 0.2) is 30.8 Å². The number of alkyl halides is 3. The van der Waals surface area contributed by atoms with Crippen molar-refractivity contribution in [2.75, 3.05) is 25.0 Å². The number of hydrogen-bond donors (Lipinski definition) is 1. The number of likely N-dealkylation sites (tertiary alicyclic amines) is 2. The number of halogens is 3. The molecule has 3 aromatic rings. The summed E-state index contributed by atoms with van der Waals surface area (Å²) in [6.07, 6.45) is -2.35. The lowest BCUT2D eigenvalue weighted by atomic mass is 10.1. The highest BCUT2D eigenvalue weighted by Gasteiger charge is 2.47. The monoisotopic (exact) mass is 546 g/mol. The maximum absolute atomic E-state index is 13.7. The predicted octanol–water partition coefficient (Wildman–Crippen LogP) is 5.18. The summed E-state index contributed by atoms with van der Waals surface area (Å²) < 4.78 is 42.5. The molecule has 0 saturated carbocycles. The zero-order valence-corrected chi connectivity index (χ0v) is 22.0. The van der Waals surface area contributed by atoms with Crippen molar-refractivity contribution in [2.45, 2.75) is 57.8 Å². The quantitative estimate of drug-likeness (QED) is 0.461. The Morgan fingerprint density at radius 2 is 1.87 bits per heavy atom. The van der Waals surface area contributed by atoms with Gasteiger partial charge in [-0.2, -0.15) is 23.3 Å². The van der Waals surface area contributed by atoms with E-state index in [2.05, 4.69) is 22.0 Å². The molecule has 2 fully saturated rings. The van der Waals surface area contributed by atoms with Crippen molar-refractivity contribution in [3.63, 3.8) is 0 Å². The lowest BCUT2D eigenvalue weighted by Crippen LogP contribution is -2.48. The van der Waals surface area contributed by atoms with Crippen LogP contribution in [-0.4, -0.2) is 74.3 Å². The number of allylic oxidation sites excluding steroid dienone is 1. The molecule has 2 amide bonds. The third kappa shape index (κ3) is 5.06. The number of benzene rings is 1. The van der Waals surface area contributed by atoms with E-state index in [0.29, 0.717) is 59.1 Å². The fourth-order valence-corrected chi connectivity index (χ4v) is 6.17. The lowest BCUT2D eigenvalue weighted by molar-refractivity contribution is -0.176. The van der Waals surface area contributed by atoms with Crippen LogP contribution in [0.5, 0.6) is 0 Å². The second kappa shape index (κ2) is 10.1. The first-order valence-corrected chi connectivity index (χ1v) is 13.4. The first-order chi connectivity index (χ1) is 18.0. The van der Waals surface area contributed by atoms with Crippen LogP contribution >= 0.6 is 11.3 Å². The molecule has 5 rings (SSSR count). The number of aromatic nitrogens is 3. The number of carbonyl (C=O) groups is 2. The molecule has 8 nitrogen and oxygen atoms in total. The second-order valence-electron chi connectivity index (χ2n) is 9.98. The number of nitrogens with one attached hydrogen (secondary N) is 1. The highest BCUT2D eigenvalue weighted by molar-refractivity contribution is 7.22. The van der Waals surface area contributed by atoms with Gasteiger partial charge in [-0.15, -0.1) is 0 Å². The smallest absolute Gasteiger partial charge is 0.333 e. The second-order valence-corrected chi connectivity index (χ2v) is 11.0. The molecule has 0 aliphatic carbocycles. The number of amides is 2. The number of carbonyl (C=O) groups excluding carboxylic acids is 2. The Kier molecular flexibility index (Phi) is 7.03. The van der Waals surface area contributed by atoms with Crippen molar-refractivity contribution in [1.82, 2.24) is 24.6 Å². The Morgan fingerprint density at radius 1 is 1.16 bits per heavy atom. The number of aryl methyl sites for hydroxylation is 1. The molecule has 2 saturated heterocycles. The van der Waals surface area contributed by atoms with E-state index in [9.17, 15) is 22.8 Å². The lowest BCUT2D eigenvalue weighted by Gasteiger charge is -2.32. The number of rotatable bonds is 6. The van der Waals surface area contributed by atoms with Crippen molar-refractivity contribution in [2.24, 2.45) is 0 Å². The van der Waals surface area contributed by atoms with E-state index in [1.54, 1.807) is 24.0 Å². The van der Waals surface area contributed by atoms with Crippen LogP contribution in [0.2, 0.25) is 0 Å². The van der Waals surface area contributed by atoms with Crippen LogP contribution in [0.1, 0.15) is 59.0 Å². The third-order valence-corrected chi connectivity index (χ3v) is 8.11. The summed E-state index contributed by atoms with van der Waals surface area (Å²) in [4.78, 5) is 34.1. The normalized spacial score (nSPS) is 20.4. The van der Waals surface area contributed by atoms with Gasteiger partial charge in [0.1, 0.15) is 10.7 Å². The van der Waals surface area contributed by atoms with Gasteiger partial charge in [0, 0.05) is 30.4 Å². The van der Waals surface area contributed by atoms with Gasteiger partial charge >= 0.3 is 6.18 Å². The highest BCUT2D eigenvalue weighted by atomic mass is 32.1. The van der Waals surface area contributed by atoms with Gasteiger partial charge in [-0.05, 0) is 58.2 Å². The molecule has 0 spiro atoms. The fourth-order valence-electron chi connectivity index (χ4n) is 5.25. The standard InChI is InChI=1S/C26H29F3N6O2S/c1-15(2)35-22-21(38-25(30-22)31-23(36)17-10-8-16(3)9-11-17)20(32-35)24(37)34-13-4-6-18(34)14-33-12-5-7-19(33)26(27,28)29/h8-11,18-19H,1,4-7,12-14H2,2-3H3,(H,30,31,36)/t18-,19?/m0/s1. The summed E-state index contributed by atoms with van der Waals surface area (Å²) in [5, 5.41) is 7.57. The summed E-state index contributed by atoms with van der Waals surface area (Å²) in [5.41, 5.74) is 2.62. The molecule has 1 unspecified atom stereocenters. The first-order valence-electron chi connectivity index (χ1n) is 12.6. The average Bonchev–Trinajstić information content (AvgIpc) is 3.63. The molecule has 1 aromatic carbocycles. The summed E-state index contributed by atoms with van der Waals surface area (Å²) in [6, 6.07) is 5.34. The summed E-state index contributed by atoms with van der Waals surface area (Å²) in [7, 11) is 0. The van der Waals surface area contributed by atoms with Crippen LogP contribution < -0.4 is 5.32 Å². The van der Waals surface area contributed by atoms with Crippen LogP contribution in [0.3, 0.4) is 0 Å². The maximum Gasteiger partial charge on any atom is 0.404 e. The van der Waals surface area contributed by atoms with Gasteiger partial charge in [0.2, 0.25) is 0 Å². The Bertz CT molecular complexity index is 1380. The predicted molar refractivity (Wildman–Crippen MR) is 140 cm³/mol. The molecule has 2 aliphatic heterocycles. The number of fused-ring (bicyclic) bond motifs is 1. The van der Waals surface area contributed by atoms with Crippen molar-refractivity contribution in [1.29, 1.82) is 0 Å². The molecule has 2 atom stereocenters. The molecule has 0 bridgehead atoms. The van der Waals surface area contributed by atoms with Crippen LogP contribution in [0.25, 0.3) is 16.0 Å². The van der Waals surface area contributed by atoms with E-state index >= 15 is 0 Å². The average molecular weight is 547 g/mol. The zero-order chi connectivity index (χ0) is 27.2. The van der Waals surface area contributed by atoms with E-state index in [4.69, 9.17) is 0 Å². The first kappa shape index (κ1) is 26.4. The van der Waals surface area contributed by atoms with Crippen LogP contribution in [0, 0.1) is 6.92 Å². The van der Waals surface area contributed by atoms with Gasteiger partial charge in [0.05, 0.1) is 0 Å². The molecule has 2 aromatic heterocycles. The summed E-state index contributed by atoms with van der Waals surface area (Å²) >= 11 is 1.14. The molecular weight excluding hydrogens is 517 g/mol. The summed E-state index contributed by atoms with van der Waals surface area (Å²) in [6.45, 7) is 8.59. The SMILES string of the molecule is C=C(C)n1nc(C(=O)N2CCC[C@H]2CN2CCCC2C(F)(F)F)c2sc(NC(=O)c3ccc(C)cc3)nc21. The minimum atomic E-state index is -4.28. The fraction of sp³-hybridized carbons (Fsp3) is 0.462. The van der Waals surface area contributed by atoms with Gasteiger partial charge < -0.3 is 4.90 Å². The number of anilines is 1. The molecular formula is C26H29F3N6O2S. The number of thiazole rings is 1. The Morgan fingerprint density at radius 3 is 2.55 bits per heavy atom. The van der Waals surface area contributed by atoms with E-state index in [1.807, 2.05) is 19.1 Å². The van der Waals surface area contributed by atoms with Crippen molar-refractivity contribution >= 4 is 44.3 Å². The Labute approximate surface area is 222 Å². The van der Waals surface area contributed by atoms with Crippen molar-refractivity contribution < 1.29 is 22.8 Å². The molecule has 38 heavy (non-hydrogen) atoms. The van der Waals surface area contributed by atoms with Crippen LogP contribution in [-0.2, 0) is 0 Å². The molecule has 1 N–H and O–H groups in total. The van der Waals surface area contributed by atoms with Crippen LogP contribution in [0.4, 0.5) is 18.3 Å². The maximum atomic E-state index is 13.7. The minimum Gasteiger partial charge on any atom is -0.333 e. The molecule has 202 valence electrons. The topological polar surface area (TPSA) is 83.4 Å². The van der Waals surface area contributed by atoms with Gasteiger partial charge in [-0.3, -0.25) is 19.8 Å². The molecule has 4 heterocycles. The van der Waals surface area contributed by atoms with Gasteiger partial charge in [-0.25, -0.2) is 4.68 Å². The van der Waals surface area contributed by atoms with E-state index in [-0.39, 0.29) is 36.5 Å². The summed E-state index contributed by atoms with van der Waals surface area (Å²) in [5.74, 6) is -0.672. The van der Waals surface area contributed by atoms with Gasteiger partial charge in [0.15, 0.2) is 16.5 Å². The largest absolute Gasteiger partial charge is 0.404 e. The van der Waals surface area contributed by atoms with E-state index < -0.39 is 12.2 Å². The molecule has 0 radical (unpaired) electrons.